The van der Waals surface area contributed by atoms with E-state index in [1.807, 2.05) is 0 Å². The number of carboxylic acids is 1. The molecule has 5 nitrogen and oxygen atoms in total. The van der Waals surface area contributed by atoms with Crippen molar-refractivity contribution in [2.45, 2.75) is 38.8 Å². The molecular weight excluding hydrogens is 258 g/mol. The summed E-state index contributed by atoms with van der Waals surface area (Å²) in [5, 5.41) is 21.1. The zero-order valence-corrected chi connectivity index (χ0v) is 11.4. The third kappa shape index (κ3) is 3.17. The lowest BCUT2D eigenvalue weighted by molar-refractivity contribution is -0.154. The second-order valence-corrected chi connectivity index (χ2v) is 5.54. The van der Waals surface area contributed by atoms with Crippen LogP contribution in [0, 0.1) is 5.41 Å². The number of amides is 1. The fraction of sp³-hybridized carbons (Fsp3) is 0.467. The summed E-state index contributed by atoms with van der Waals surface area (Å²) >= 11 is 0. The molecule has 0 saturated heterocycles. The van der Waals surface area contributed by atoms with Crippen LogP contribution in [0.4, 0.5) is 0 Å². The van der Waals surface area contributed by atoms with Gasteiger partial charge in [0.15, 0.2) is 0 Å². The fourth-order valence-electron chi connectivity index (χ4n) is 2.00. The minimum absolute atomic E-state index is 0.0569. The molecule has 1 atom stereocenters. The molecule has 1 aliphatic carbocycles. The number of rotatable bonds is 6. The number of aliphatic hydroxyl groups excluding tert-OH is 1. The highest BCUT2D eigenvalue weighted by atomic mass is 16.4. The highest BCUT2D eigenvalue weighted by molar-refractivity contribution is 6.02. The van der Waals surface area contributed by atoms with E-state index in [1.54, 1.807) is 24.3 Å². The number of carboxylic acid groups (broad SMARTS) is 1. The number of benzene rings is 1. The molecule has 1 aromatic rings. The normalized spacial score (nSPS) is 17.3. The van der Waals surface area contributed by atoms with Crippen LogP contribution in [-0.4, -0.2) is 28.1 Å². The molecule has 1 unspecified atom stereocenters. The van der Waals surface area contributed by atoms with E-state index in [4.69, 9.17) is 5.11 Å². The van der Waals surface area contributed by atoms with Gasteiger partial charge in [-0.3, -0.25) is 9.59 Å². The molecule has 1 amide bonds. The summed E-state index contributed by atoms with van der Waals surface area (Å²) in [4.78, 5) is 23.6. The molecule has 0 spiro atoms. The lowest BCUT2D eigenvalue weighted by Gasteiger charge is -2.24. The molecule has 1 saturated carbocycles. The minimum Gasteiger partial charge on any atom is -0.480 e. The Morgan fingerprint density at radius 2 is 1.80 bits per heavy atom. The third-order valence-electron chi connectivity index (χ3n) is 3.65. The fourth-order valence-corrected chi connectivity index (χ4v) is 2.00. The van der Waals surface area contributed by atoms with Crippen LogP contribution in [0.3, 0.4) is 0 Å². The van der Waals surface area contributed by atoms with Crippen molar-refractivity contribution in [2.24, 2.45) is 5.41 Å². The summed E-state index contributed by atoms with van der Waals surface area (Å²) in [6, 6.07) is 7.10. The predicted molar refractivity (Wildman–Crippen MR) is 73.0 cm³/mol. The van der Waals surface area contributed by atoms with E-state index < -0.39 is 17.3 Å². The second-order valence-electron chi connectivity index (χ2n) is 5.54. The summed E-state index contributed by atoms with van der Waals surface area (Å²) in [5.41, 5.74) is 0.0508. The van der Waals surface area contributed by atoms with Gasteiger partial charge in [0.25, 0.3) is 0 Å². The summed E-state index contributed by atoms with van der Waals surface area (Å²) in [6.45, 7) is 1.39. The van der Waals surface area contributed by atoms with Gasteiger partial charge in [-0.25, -0.2) is 0 Å². The molecule has 108 valence electrons. The highest BCUT2D eigenvalue weighted by Crippen LogP contribution is 2.27. The van der Waals surface area contributed by atoms with E-state index in [2.05, 4.69) is 5.32 Å². The Labute approximate surface area is 117 Å². The molecule has 0 radical (unpaired) electrons. The van der Waals surface area contributed by atoms with Crippen LogP contribution >= 0.6 is 0 Å². The van der Waals surface area contributed by atoms with Crippen molar-refractivity contribution in [1.82, 2.24) is 5.32 Å². The van der Waals surface area contributed by atoms with Crippen LogP contribution in [0.25, 0.3) is 0 Å². The van der Waals surface area contributed by atoms with Crippen molar-refractivity contribution in [1.29, 1.82) is 0 Å². The molecule has 0 aromatic heterocycles. The lowest BCUT2D eigenvalue weighted by atomic mass is 9.82. The first-order chi connectivity index (χ1) is 9.45. The van der Waals surface area contributed by atoms with Gasteiger partial charge in [0.05, 0.1) is 6.61 Å². The van der Waals surface area contributed by atoms with Crippen molar-refractivity contribution >= 4 is 11.9 Å². The zero-order valence-electron chi connectivity index (χ0n) is 11.4. The molecule has 20 heavy (non-hydrogen) atoms. The van der Waals surface area contributed by atoms with Gasteiger partial charge >= 0.3 is 5.97 Å². The van der Waals surface area contributed by atoms with Gasteiger partial charge in [0, 0.05) is 6.04 Å². The molecule has 0 aliphatic heterocycles. The number of hydrogen-bond donors (Lipinski definition) is 3. The summed E-state index contributed by atoms with van der Waals surface area (Å²) in [6.07, 6.45) is 1.98. The van der Waals surface area contributed by atoms with Gasteiger partial charge in [-0.15, -0.1) is 0 Å². The van der Waals surface area contributed by atoms with Crippen LogP contribution in [0.15, 0.2) is 24.3 Å². The largest absolute Gasteiger partial charge is 0.480 e. The maximum atomic E-state index is 12.2. The average Bonchev–Trinajstić information content (AvgIpc) is 3.23. The summed E-state index contributed by atoms with van der Waals surface area (Å²) < 4.78 is 0. The smallest absolute Gasteiger partial charge is 0.319 e. The van der Waals surface area contributed by atoms with Crippen molar-refractivity contribution in [2.75, 3.05) is 0 Å². The van der Waals surface area contributed by atoms with Crippen LogP contribution in [0.1, 0.15) is 30.9 Å². The van der Waals surface area contributed by atoms with Gasteiger partial charge < -0.3 is 15.5 Å². The van der Waals surface area contributed by atoms with Crippen molar-refractivity contribution in [3.63, 3.8) is 0 Å². The van der Waals surface area contributed by atoms with Crippen molar-refractivity contribution in [3.8, 4) is 0 Å². The Morgan fingerprint density at radius 1 is 1.25 bits per heavy atom. The summed E-state index contributed by atoms with van der Waals surface area (Å²) in [7, 11) is 0. The lowest BCUT2D eigenvalue weighted by Crippen LogP contribution is -2.46. The van der Waals surface area contributed by atoms with Crippen LogP contribution in [-0.2, 0) is 22.6 Å². The second kappa shape index (κ2) is 5.63. The Kier molecular flexibility index (Phi) is 4.09. The van der Waals surface area contributed by atoms with Crippen LogP contribution in [0.5, 0.6) is 0 Å². The van der Waals surface area contributed by atoms with Gasteiger partial charge in [-0.2, -0.15) is 0 Å². The van der Waals surface area contributed by atoms with E-state index in [-0.39, 0.29) is 19.1 Å². The first-order valence-corrected chi connectivity index (χ1v) is 6.69. The number of carbonyl (C=O) groups excluding carboxylic acids is 1. The van der Waals surface area contributed by atoms with Gasteiger partial charge in [0.2, 0.25) is 5.91 Å². The van der Waals surface area contributed by atoms with E-state index in [0.29, 0.717) is 0 Å². The standard InChI is InChI=1S/C15H19NO4/c1-15(14(19)20,13(18)16-12-6-7-12)8-10-2-4-11(9-17)5-3-10/h2-5,12,17H,6-9H2,1H3,(H,16,18)(H,19,20). The first kappa shape index (κ1) is 14.5. The maximum absolute atomic E-state index is 12.2. The minimum atomic E-state index is -1.47. The number of aliphatic carboxylic acids is 1. The van der Waals surface area contributed by atoms with E-state index in [9.17, 15) is 14.7 Å². The number of nitrogens with one attached hydrogen (secondary N) is 1. The summed E-state index contributed by atoms with van der Waals surface area (Å²) in [5.74, 6) is -1.55. The SMILES string of the molecule is CC(Cc1ccc(CO)cc1)(C(=O)O)C(=O)NC1CC1. The molecule has 1 aromatic carbocycles. The Hall–Kier alpha value is -1.88. The molecule has 0 heterocycles. The topological polar surface area (TPSA) is 86.6 Å². The molecule has 2 rings (SSSR count). The third-order valence-corrected chi connectivity index (χ3v) is 3.65. The number of hydrogen-bond acceptors (Lipinski definition) is 3. The average molecular weight is 277 g/mol. The van der Waals surface area contributed by atoms with Gasteiger partial charge in [-0.05, 0) is 37.3 Å². The maximum Gasteiger partial charge on any atom is 0.319 e. The van der Waals surface area contributed by atoms with Crippen LogP contribution < -0.4 is 5.32 Å². The van der Waals surface area contributed by atoms with Crippen molar-refractivity contribution < 1.29 is 19.8 Å². The Morgan fingerprint density at radius 3 is 2.25 bits per heavy atom. The molecule has 0 bridgehead atoms. The molecular formula is C15H19NO4. The zero-order chi connectivity index (χ0) is 14.8. The number of carbonyl (C=O) groups is 2. The number of aliphatic hydroxyl groups is 1. The molecule has 3 N–H and O–H groups in total. The molecule has 1 aliphatic rings. The van der Waals surface area contributed by atoms with E-state index >= 15 is 0 Å². The van der Waals surface area contributed by atoms with Gasteiger partial charge in [0.1, 0.15) is 5.41 Å². The monoisotopic (exact) mass is 277 g/mol. The van der Waals surface area contributed by atoms with E-state index in [1.165, 1.54) is 6.92 Å². The first-order valence-electron chi connectivity index (χ1n) is 6.69. The highest BCUT2D eigenvalue weighted by Gasteiger charge is 2.43. The Bertz CT molecular complexity index is 507. The quantitative estimate of drug-likeness (QED) is 0.679. The van der Waals surface area contributed by atoms with E-state index in [0.717, 1.165) is 24.0 Å². The molecule has 1 fully saturated rings. The Balaban J connectivity index is 2.14. The van der Waals surface area contributed by atoms with Crippen molar-refractivity contribution in [3.05, 3.63) is 35.4 Å². The molecule has 5 heteroatoms. The van der Waals surface area contributed by atoms with Gasteiger partial charge in [-0.1, -0.05) is 24.3 Å². The predicted octanol–water partition coefficient (Wildman–Crippen LogP) is 1.09. The van der Waals surface area contributed by atoms with Crippen LogP contribution in [0.2, 0.25) is 0 Å².